The summed E-state index contributed by atoms with van der Waals surface area (Å²) in [5, 5.41) is 6.28. The van der Waals surface area contributed by atoms with Crippen LogP contribution in [-0.4, -0.2) is 16.5 Å². The Morgan fingerprint density at radius 2 is 2.25 bits per heavy atom. The summed E-state index contributed by atoms with van der Waals surface area (Å²) in [6, 6.07) is 5.49. The average Bonchev–Trinajstić information content (AvgIpc) is 3.01. The van der Waals surface area contributed by atoms with Crippen molar-refractivity contribution in [3.8, 4) is 5.88 Å². The molecule has 3 aromatic rings. The van der Waals surface area contributed by atoms with E-state index in [1.165, 1.54) is 0 Å². The molecule has 0 atom stereocenters. The minimum absolute atomic E-state index is 0.513. The summed E-state index contributed by atoms with van der Waals surface area (Å²) in [5.74, 6) is 0.613. The van der Waals surface area contributed by atoms with Gasteiger partial charge in [-0.25, -0.2) is 0 Å². The number of ether oxygens (including phenoxy) is 1. The minimum atomic E-state index is 0.513. The number of aromatic nitrogens is 2. The van der Waals surface area contributed by atoms with E-state index in [4.69, 9.17) is 27.9 Å². The number of nitrogens with one attached hydrogen (secondary N) is 1. The van der Waals surface area contributed by atoms with Crippen LogP contribution in [-0.2, 0) is 6.54 Å². The van der Waals surface area contributed by atoms with Gasteiger partial charge in [0, 0.05) is 11.6 Å². The van der Waals surface area contributed by atoms with Gasteiger partial charge in [0.05, 0.1) is 29.4 Å². The van der Waals surface area contributed by atoms with Crippen LogP contribution in [0.4, 0.5) is 5.69 Å². The zero-order valence-corrected chi connectivity index (χ0v) is 12.9. The highest BCUT2D eigenvalue weighted by atomic mass is 35.5. The number of hydrogen-bond donors (Lipinski definition) is 1. The number of anilines is 1. The SMILES string of the molecule is COc1nc2sccn2c1CNc1cccc(Cl)c1Cl. The first-order valence-electron chi connectivity index (χ1n) is 5.87. The van der Waals surface area contributed by atoms with Gasteiger partial charge < -0.3 is 10.1 Å². The van der Waals surface area contributed by atoms with Crippen LogP contribution in [0.15, 0.2) is 29.8 Å². The van der Waals surface area contributed by atoms with Gasteiger partial charge in [-0.2, -0.15) is 4.98 Å². The third kappa shape index (κ3) is 2.32. The molecule has 4 nitrogen and oxygen atoms in total. The molecule has 0 aliphatic carbocycles. The zero-order chi connectivity index (χ0) is 14.1. The molecule has 0 bridgehead atoms. The highest BCUT2D eigenvalue weighted by Gasteiger charge is 2.14. The molecule has 0 saturated carbocycles. The lowest BCUT2D eigenvalue weighted by Crippen LogP contribution is -2.04. The molecule has 0 fully saturated rings. The van der Waals surface area contributed by atoms with Crippen molar-refractivity contribution < 1.29 is 4.74 Å². The Balaban J connectivity index is 1.89. The van der Waals surface area contributed by atoms with Crippen LogP contribution in [0.25, 0.3) is 4.96 Å². The molecule has 0 unspecified atom stereocenters. The van der Waals surface area contributed by atoms with Crippen molar-refractivity contribution in [3.05, 3.63) is 45.5 Å². The molecule has 7 heteroatoms. The van der Waals surface area contributed by atoms with Crippen LogP contribution >= 0.6 is 34.5 Å². The molecular formula is C13H11Cl2N3OS. The van der Waals surface area contributed by atoms with Crippen LogP contribution in [0, 0.1) is 0 Å². The van der Waals surface area contributed by atoms with E-state index in [0.29, 0.717) is 22.5 Å². The van der Waals surface area contributed by atoms with Crippen LogP contribution in [0.2, 0.25) is 10.0 Å². The maximum atomic E-state index is 6.16. The molecule has 0 saturated heterocycles. The van der Waals surface area contributed by atoms with Crippen LogP contribution < -0.4 is 10.1 Å². The second-order valence-corrected chi connectivity index (χ2v) is 5.74. The Hall–Kier alpha value is -1.43. The van der Waals surface area contributed by atoms with Crippen LogP contribution in [0.5, 0.6) is 5.88 Å². The topological polar surface area (TPSA) is 38.6 Å². The Labute approximate surface area is 129 Å². The van der Waals surface area contributed by atoms with E-state index in [0.717, 1.165) is 16.3 Å². The number of fused-ring (bicyclic) bond motifs is 1. The summed E-state index contributed by atoms with van der Waals surface area (Å²) >= 11 is 13.7. The molecule has 1 aromatic carbocycles. The van der Waals surface area contributed by atoms with Gasteiger partial charge in [0.2, 0.25) is 5.88 Å². The van der Waals surface area contributed by atoms with E-state index in [1.54, 1.807) is 24.5 Å². The van der Waals surface area contributed by atoms with Crippen molar-refractivity contribution in [1.29, 1.82) is 0 Å². The Morgan fingerprint density at radius 3 is 3.05 bits per heavy atom. The predicted octanol–water partition coefficient (Wildman–Crippen LogP) is 4.32. The number of thiazole rings is 1. The summed E-state index contributed by atoms with van der Waals surface area (Å²) < 4.78 is 7.30. The smallest absolute Gasteiger partial charge is 0.238 e. The van der Waals surface area contributed by atoms with Gasteiger partial charge in [0.25, 0.3) is 0 Å². The Bertz CT molecular complexity index is 753. The van der Waals surface area contributed by atoms with E-state index >= 15 is 0 Å². The maximum absolute atomic E-state index is 6.16. The van der Waals surface area contributed by atoms with E-state index in [9.17, 15) is 0 Å². The van der Waals surface area contributed by atoms with E-state index in [1.807, 2.05) is 28.1 Å². The van der Waals surface area contributed by atoms with Crippen molar-refractivity contribution in [2.45, 2.75) is 6.54 Å². The maximum Gasteiger partial charge on any atom is 0.238 e. The van der Waals surface area contributed by atoms with E-state index in [-0.39, 0.29) is 0 Å². The van der Waals surface area contributed by atoms with Gasteiger partial charge in [-0.05, 0) is 12.1 Å². The van der Waals surface area contributed by atoms with Crippen molar-refractivity contribution in [1.82, 2.24) is 9.38 Å². The van der Waals surface area contributed by atoms with E-state index in [2.05, 4.69) is 10.3 Å². The van der Waals surface area contributed by atoms with Gasteiger partial charge in [0.1, 0.15) is 5.69 Å². The molecule has 0 amide bonds. The van der Waals surface area contributed by atoms with Gasteiger partial charge in [-0.3, -0.25) is 4.40 Å². The number of imidazole rings is 1. The third-order valence-electron chi connectivity index (χ3n) is 2.92. The summed E-state index contributed by atoms with van der Waals surface area (Å²) in [6.07, 6.45) is 1.96. The fourth-order valence-electron chi connectivity index (χ4n) is 1.96. The van der Waals surface area contributed by atoms with Crippen molar-refractivity contribution in [2.24, 2.45) is 0 Å². The average molecular weight is 328 g/mol. The Morgan fingerprint density at radius 1 is 1.40 bits per heavy atom. The first kappa shape index (κ1) is 13.5. The van der Waals surface area contributed by atoms with E-state index < -0.39 is 0 Å². The van der Waals surface area contributed by atoms with Crippen molar-refractivity contribution in [3.63, 3.8) is 0 Å². The van der Waals surface area contributed by atoms with Gasteiger partial charge >= 0.3 is 0 Å². The number of halogens is 2. The summed E-state index contributed by atoms with van der Waals surface area (Å²) in [7, 11) is 1.61. The number of methoxy groups -OCH3 is 1. The molecular weight excluding hydrogens is 317 g/mol. The Kier molecular flexibility index (Phi) is 3.74. The number of nitrogens with zero attached hydrogens (tertiary/aromatic N) is 2. The molecule has 0 spiro atoms. The first-order chi connectivity index (χ1) is 9.70. The normalized spacial score (nSPS) is 10.9. The molecule has 0 aliphatic heterocycles. The number of hydrogen-bond acceptors (Lipinski definition) is 4. The minimum Gasteiger partial charge on any atom is -0.480 e. The standard InChI is InChI=1S/C13H11Cl2N3OS/c1-19-12-10(18-5-6-20-13(18)17-12)7-16-9-4-2-3-8(14)11(9)15/h2-6,16H,7H2,1H3. The largest absolute Gasteiger partial charge is 0.480 e. The monoisotopic (exact) mass is 327 g/mol. The van der Waals surface area contributed by atoms with Gasteiger partial charge in [0.15, 0.2) is 4.96 Å². The second kappa shape index (κ2) is 5.52. The molecule has 0 aliphatic rings. The highest BCUT2D eigenvalue weighted by Crippen LogP contribution is 2.31. The number of rotatable bonds is 4. The number of benzene rings is 1. The molecule has 3 rings (SSSR count). The molecule has 0 radical (unpaired) electrons. The first-order valence-corrected chi connectivity index (χ1v) is 7.50. The summed E-state index contributed by atoms with van der Waals surface area (Å²) in [5.41, 5.74) is 1.73. The van der Waals surface area contributed by atoms with Crippen LogP contribution in [0.3, 0.4) is 0 Å². The lowest BCUT2D eigenvalue weighted by atomic mass is 10.3. The van der Waals surface area contributed by atoms with Crippen LogP contribution in [0.1, 0.15) is 5.69 Å². The van der Waals surface area contributed by atoms with Gasteiger partial charge in [-0.1, -0.05) is 29.3 Å². The molecule has 2 aromatic heterocycles. The molecule has 1 N–H and O–H groups in total. The van der Waals surface area contributed by atoms with Crippen molar-refractivity contribution >= 4 is 45.2 Å². The second-order valence-electron chi connectivity index (χ2n) is 4.08. The predicted molar refractivity (Wildman–Crippen MR) is 83.4 cm³/mol. The quantitative estimate of drug-likeness (QED) is 0.775. The summed E-state index contributed by atoms with van der Waals surface area (Å²) in [4.78, 5) is 5.30. The fourth-order valence-corrected chi connectivity index (χ4v) is 3.05. The fraction of sp³-hybridized carbons (Fsp3) is 0.154. The molecule has 104 valence electrons. The third-order valence-corrected chi connectivity index (χ3v) is 4.49. The highest BCUT2D eigenvalue weighted by molar-refractivity contribution is 7.15. The molecule has 20 heavy (non-hydrogen) atoms. The zero-order valence-electron chi connectivity index (χ0n) is 10.6. The lowest BCUT2D eigenvalue weighted by molar-refractivity contribution is 0.395. The van der Waals surface area contributed by atoms with Crippen molar-refractivity contribution in [2.75, 3.05) is 12.4 Å². The molecule has 2 heterocycles. The van der Waals surface area contributed by atoms with Gasteiger partial charge in [-0.15, -0.1) is 11.3 Å². The summed E-state index contributed by atoms with van der Waals surface area (Å²) in [6.45, 7) is 0.543. The lowest BCUT2D eigenvalue weighted by Gasteiger charge is -2.09.